The number of rotatable bonds is 3. The predicted molar refractivity (Wildman–Crippen MR) is 76.5 cm³/mol. The second-order valence-electron chi connectivity index (χ2n) is 5.15. The maximum absolute atomic E-state index is 9.59. The quantitative estimate of drug-likeness (QED) is 0.882. The molecule has 1 aliphatic rings. The number of hydrogen-bond acceptors (Lipinski definition) is 3. The number of piperidine rings is 1. The van der Waals surface area contributed by atoms with Crippen LogP contribution in [-0.4, -0.2) is 37.4 Å². The molecule has 0 bridgehead atoms. The summed E-state index contributed by atoms with van der Waals surface area (Å²) < 4.78 is 0. The van der Waals surface area contributed by atoms with Crippen molar-refractivity contribution in [2.75, 3.05) is 31.6 Å². The van der Waals surface area contributed by atoms with Crippen LogP contribution in [0, 0.1) is 6.92 Å². The molecular weight excluding hydrogens is 248 g/mol. The summed E-state index contributed by atoms with van der Waals surface area (Å²) in [6.45, 7) is 4.01. The van der Waals surface area contributed by atoms with Crippen LogP contribution in [0.3, 0.4) is 0 Å². The van der Waals surface area contributed by atoms with Gasteiger partial charge in [-0.05, 0) is 44.5 Å². The first-order chi connectivity index (χ1) is 8.60. The zero-order valence-electron chi connectivity index (χ0n) is 11.0. The van der Waals surface area contributed by atoms with Crippen molar-refractivity contribution in [3.8, 4) is 0 Å². The van der Waals surface area contributed by atoms with E-state index in [9.17, 15) is 5.11 Å². The van der Waals surface area contributed by atoms with Crippen LogP contribution in [-0.2, 0) is 0 Å². The van der Waals surface area contributed by atoms with Crippen molar-refractivity contribution in [3.05, 3.63) is 28.8 Å². The summed E-state index contributed by atoms with van der Waals surface area (Å²) >= 11 is 6.18. The second-order valence-corrected chi connectivity index (χ2v) is 5.55. The van der Waals surface area contributed by atoms with Gasteiger partial charge in [0.2, 0.25) is 0 Å². The van der Waals surface area contributed by atoms with Gasteiger partial charge in [-0.25, -0.2) is 0 Å². The first-order valence-corrected chi connectivity index (χ1v) is 6.79. The fraction of sp³-hybridized carbons (Fsp3) is 0.571. The minimum Gasteiger partial charge on any atom is -0.394 e. The van der Waals surface area contributed by atoms with Crippen molar-refractivity contribution in [3.63, 3.8) is 0 Å². The van der Waals surface area contributed by atoms with Crippen LogP contribution in [0.5, 0.6) is 0 Å². The molecule has 1 aromatic carbocycles. The summed E-state index contributed by atoms with van der Waals surface area (Å²) in [5, 5.41) is 13.7. The van der Waals surface area contributed by atoms with E-state index in [2.05, 4.69) is 16.3 Å². The highest BCUT2D eigenvalue weighted by Gasteiger charge is 2.33. The minimum absolute atomic E-state index is 0.166. The summed E-state index contributed by atoms with van der Waals surface area (Å²) in [6, 6.07) is 6.16. The van der Waals surface area contributed by atoms with Crippen LogP contribution < -0.4 is 10.2 Å². The van der Waals surface area contributed by atoms with E-state index >= 15 is 0 Å². The molecule has 1 unspecified atom stereocenters. The number of aliphatic hydroxyl groups is 1. The fourth-order valence-electron chi connectivity index (χ4n) is 2.54. The van der Waals surface area contributed by atoms with Crippen LogP contribution in [0.2, 0.25) is 5.02 Å². The van der Waals surface area contributed by atoms with Crippen LogP contribution >= 0.6 is 11.6 Å². The number of anilines is 1. The Bertz CT molecular complexity index is 418. The molecule has 0 saturated carbocycles. The van der Waals surface area contributed by atoms with E-state index in [0.29, 0.717) is 0 Å². The van der Waals surface area contributed by atoms with Gasteiger partial charge in [0.15, 0.2) is 0 Å². The minimum atomic E-state index is -0.185. The molecule has 1 aromatic rings. The third-order valence-corrected chi connectivity index (χ3v) is 4.34. The number of halogens is 1. The lowest BCUT2D eigenvalue weighted by molar-refractivity contribution is 0.149. The fourth-order valence-corrected chi connectivity index (χ4v) is 2.72. The summed E-state index contributed by atoms with van der Waals surface area (Å²) in [5.41, 5.74) is 2.05. The van der Waals surface area contributed by atoms with Crippen molar-refractivity contribution >= 4 is 17.3 Å². The SMILES string of the molecule is CNC1(CO)CCCN(c2ccc(C)c(Cl)c2)C1. The zero-order chi connectivity index (χ0) is 13.2. The van der Waals surface area contributed by atoms with Gasteiger partial charge in [0, 0.05) is 23.8 Å². The molecule has 1 heterocycles. The van der Waals surface area contributed by atoms with Gasteiger partial charge in [-0.15, -0.1) is 0 Å². The van der Waals surface area contributed by atoms with Gasteiger partial charge in [-0.3, -0.25) is 0 Å². The Morgan fingerprint density at radius 1 is 1.50 bits per heavy atom. The Morgan fingerprint density at radius 3 is 2.89 bits per heavy atom. The molecule has 0 amide bonds. The number of likely N-dealkylation sites (N-methyl/N-ethyl adjacent to an activating group) is 1. The number of nitrogens with zero attached hydrogens (tertiary/aromatic N) is 1. The van der Waals surface area contributed by atoms with E-state index < -0.39 is 0 Å². The molecule has 100 valence electrons. The van der Waals surface area contributed by atoms with Crippen LogP contribution in [0.15, 0.2) is 18.2 Å². The average molecular weight is 269 g/mol. The van der Waals surface area contributed by atoms with Crippen molar-refractivity contribution in [1.29, 1.82) is 0 Å². The molecule has 1 saturated heterocycles. The topological polar surface area (TPSA) is 35.5 Å². The summed E-state index contributed by atoms with van der Waals surface area (Å²) in [6.07, 6.45) is 2.09. The van der Waals surface area contributed by atoms with Crippen molar-refractivity contribution < 1.29 is 5.11 Å². The van der Waals surface area contributed by atoms with Gasteiger partial charge in [-0.1, -0.05) is 17.7 Å². The van der Waals surface area contributed by atoms with Crippen LogP contribution in [0.4, 0.5) is 5.69 Å². The zero-order valence-corrected chi connectivity index (χ0v) is 11.8. The highest BCUT2D eigenvalue weighted by molar-refractivity contribution is 6.31. The first kappa shape index (κ1) is 13.7. The second kappa shape index (κ2) is 5.47. The van der Waals surface area contributed by atoms with E-state index in [0.717, 1.165) is 42.2 Å². The van der Waals surface area contributed by atoms with Crippen molar-refractivity contribution in [2.45, 2.75) is 25.3 Å². The lowest BCUT2D eigenvalue weighted by Crippen LogP contribution is -2.58. The molecule has 0 aromatic heterocycles. The molecule has 1 atom stereocenters. The summed E-state index contributed by atoms with van der Waals surface area (Å²) in [4.78, 5) is 2.29. The number of aliphatic hydroxyl groups excluding tert-OH is 1. The Morgan fingerprint density at radius 2 is 2.28 bits per heavy atom. The van der Waals surface area contributed by atoms with E-state index in [-0.39, 0.29) is 12.1 Å². The number of aryl methyl sites for hydroxylation is 1. The van der Waals surface area contributed by atoms with E-state index in [4.69, 9.17) is 11.6 Å². The van der Waals surface area contributed by atoms with Crippen LogP contribution in [0.1, 0.15) is 18.4 Å². The molecule has 0 aliphatic carbocycles. The lowest BCUT2D eigenvalue weighted by atomic mass is 9.89. The summed E-state index contributed by atoms with van der Waals surface area (Å²) in [7, 11) is 1.92. The monoisotopic (exact) mass is 268 g/mol. The number of nitrogens with one attached hydrogen (secondary N) is 1. The molecule has 1 fully saturated rings. The molecule has 18 heavy (non-hydrogen) atoms. The molecule has 0 spiro atoms. The smallest absolute Gasteiger partial charge is 0.0630 e. The number of benzene rings is 1. The van der Waals surface area contributed by atoms with E-state index in [1.54, 1.807) is 0 Å². The maximum atomic E-state index is 9.59. The third-order valence-electron chi connectivity index (χ3n) is 3.93. The molecule has 2 rings (SSSR count). The van der Waals surface area contributed by atoms with Gasteiger partial charge in [0.25, 0.3) is 0 Å². The lowest BCUT2D eigenvalue weighted by Gasteiger charge is -2.42. The Labute approximate surface area is 114 Å². The van der Waals surface area contributed by atoms with Crippen molar-refractivity contribution in [2.24, 2.45) is 0 Å². The van der Waals surface area contributed by atoms with Gasteiger partial charge >= 0.3 is 0 Å². The maximum Gasteiger partial charge on any atom is 0.0630 e. The Balaban J connectivity index is 2.20. The van der Waals surface area contributed by atoms with Crippen molar-refractivity contribution in [1.82, 2.24) is 5.32 Å². The van der Waals surface area contributed by atoms with Gasteiger partial charge in [-0.2, -0.15) is 0 Å². The van der Waals surface area contributed by atoms with E-state index in [1.165, 1.54) is 0 Å². The third kappa shape index (κ3) is 2.63. The van der Waals surface area contributed by atoms with Gasteiger partial charge in [0.1, 0.15) is 0 Å². The summed E-state index contributed by atoms with van der Waals surface area (Å²) in [5.74, 6) is 0. The average Bonchev–Trinajstić information content (AvgIpc) is 2.42. The number of hydrogen-bond donors (Lipinski definition) is 2. The predicted octanol–water partition coefficient (Wildman–Crippen LogP) is 2.20. The molecule has 2 N–H and O–H groups in total. The molecular formula is C14H21ClN2O. The van der Waals surface area contributed by atoms with E-state index in [1.807, 2.05) is 26.1 Å². The Hall–Kier alpha value is -0.770. The molecule has 3 nitrogen and oxygen atoms in total. The normalized spacial score (nSPS) is 24.3. The molecule has 1 aliphatic heterocycles. The first-order valence-electron chi connectivity index (χ1n) is 6.41. The van der Waals surface area contributed by atoms with Gasteiger partial charge in [0.05, 0.1) is 12.1 Å². The standard InChI is InChI=1S/C14H21ClN2O/c1-11-4-5-12(8-13(11)15)17-7-3-6-14(9-17,10-18)16-2/h4-5,8,16,18H,3,6-7,9-10H2,1-2H3. The molecule has 0 radical (unpaired) electrons. The van der Waals surface area contributed by atoms with Crippen LogP contribution in [0.25, 0.3) is 0 Å². The highest BCUT2D eigenvalue weighted by Crippen LogP contribution is 2.28. The Kier molecular flexibility index (Phi) is 4.15. The van der Waals surface area contributed by atoms with Gasteiger partial charge < -0.3 is 15.3 Å². The molecule has 4 heteroatoms. The highest BCUT2D eigenvalue weighted by atomic mass is 35.5. The largest absolute Gasteiger partial charge is 0.394 e.